The third-order valence-electron chi connectivity index (χ3n) is 1.76. The molecule has 0 aliphatic rings. The summed E-state index contributed by atoms with van der Waals surface area (Å²) in [5.41, 5.74) is 2.83. The van der Waals surface area contributed by atoms with Gasteiger partial charge >= 0.3 is 0 Å². The highest BCUT2D eigenvalue weighted by Gasteiger charge is 1.95. The zero-order chi connectivity index (χ0) is 12.3. The third kappa shape index (κ3) is 5.75. The van der Waals surface area contributed by atoms with Gasteiger partial charge in [0.2, 0.25) is 5.96 Å². The molecule has 6 nitrogen and oxygen atoms in total. The van der Waals surface area contributed by atoms with Gasteiger partial charge in [-0.1, -0.05) is 6.07 Å². The van der Waals surface area contributed by atoms with E-state index in [4.69, 9.17) is 10.5 Å². The first-order valence-electron chi connectivity index (χ1n) is 4.94. The van der Waals surface area contributed by atoms with Crippen LogP contribution < -0.4 is 10.8 Å². The number of guanidine groups is 1. The van der Waals surface area contributed by atoms with Crippen LogP contribution in [0.4, 0.5) is 0 Å². The van der Waals surface area contributed by atoms with Crippen molar-refractivity contribution in [1.82, 2.24) is 15.8 Å². The van der Waals surface area contributed by atoms with Crippen molar-refractivity contribution in [2.45, 2.75) is 5.75 Å². The normalized spacial score (nSPS) is 10.7. The zero-order valence-electron chi connectivity index (χ0n) is 9.13. The van der Waals surface area contributed by atoms with Crippen molar-refractivity contribution in [3.63, 3.8) is 0 Å². The van der Waals surface area contributed by atoms with Crippen molar-refractivity contribution in [2.75, 3.05) is 12.3 Å². The number of nitrogens with zero attached hydrogens (tertiary/aromatic N) is 3. The van der Waals surface area contributed by atoms with Gasteiger partial charge in [0.25, 0.3) is 0 Å². The van der Waals surface area contributed by atoms with E-state index >= 15 is 0 Å². The molecular weight excluding hydrogens is 238 g/mol. The summed E-state index contributed by atoms with van der Waals surface area (Å²) in [6.07, 6.45) is 3.43. The van der Waals surface area contributed by atoms with Crippen LogP contribution in [0.3, 0.4) is 0 Å². The van der Waals surface area contributed by atoms with E-state index in [-0.39, 0.29) is 5.96 Å². The van der Waals surface area contributed by atoms with Crippen molar-refractivity contribution in [1.29, 1.82) is 5.26 Å². The number of rotatable bonds is 5. The molecular formula is C10H13N5OS. The Balaban J connectivity index is 2.18. The Morgan fingerprint density at radius 1 is 1.59 bits per heavy atom. The van der Waals surface area contributed by atoms with Crippen LogP contribution in [-0.4, -0.2) is 28.4 Å². The first-order valence-corrected chi connectivity index (χ1v) is 6.09. The number of nitrogens with one attached hydrogen (secondary N) is 2. The van der Waals surface area contributed by atoms with Gasteiger partial charge in [-0.2, -0.15) is 17.0 Å². The van der Waals surface area contributed by atoms with E-state index in [0.717, 1.165) is 17.2 Å². The molecule has 0 spiro atoms. The van der Waals surface area contributed by atoms with Gasteiger partial charge in [0.1, 0.15) is 0 Å². The molecule has 1 heterocycles. The monoisotopic (exact) mass is 251 g/mol. The smallest absolute Gasteiger partial charge is 0.228 e. The molecule has 3 N–H and O–H groups in total. The lowest BCUT2D eigenvalue weighted by Gasteiger charge is -2.01. The molecule has 1 aromatic heterocycles. The second kappa shape index (κ2) is 8.38. The molecule has 0 atom stereocenters. The van der Waals surface area contributed by atoms with E-state index in [1.54, 1.807) is 29.6 Å². The summed E-state index contributed by atoms with van der Waals surface area (Å²) < 4.78 is 0. The van der Waals surface area contributed by atoms with E-state index in [1.165, 1.54) is 0 Å². The number of aromatic nitrogens is 1. The number of hydrogen-bond donors (Lipinski definition) is 3. The predicted octanol–water partition coefficient (Wildman–Crippen LogP) is 0.720. The Morgan fingerprint density at radius 2 is 2.47 bits per heavy atom. The number of thioether (sulfide) groups is 1. The van der Waals surface area contributed by atoms with Crippen molar-refractivity contribution in [2.24, 2.45) is 4.99 Å². The maximum atomic E-state index is 8.58. The van der Waals surface area contributed by atoms with Crippen LogP contribution >= 0.6 is 11.8 Å². The second-order valence-electron chi connectivity index (χ2n) is 2.95. The van der Waals surface area contributed by atoms with Crippen molar-refractivity contribution < 1.29 is 5.21 Å². The van der Waals surface area contributed by atoms with Crippen molar-refractivity contribution >= 4 is 17.7 Å². The molecule has 0 aromatic carbocycles. The van der Waals surface area contributed by atoms with Crippen LogP contribution in [0, 0.1) is 11.5 Å². The Kier molecular flexibility index (Phi) is 6.55. The molecule has 90 valence electrons. The average molecular weight is 251 g/mol. The Hall–Kier alpha value is -1.78. The van der Waals surface area contributed by atoms with Crippen molar-refractivity contribution in [3.8, 4) is 6.19 Å². The summed E-state index contributed by atoms with van der Waals surface area (Å²) >= 11 is 1.69. The van der Waals surface area contributed by atoms with Crippen LogP contribution in [0.25, 0.3) is 0 Å². The standard InChI is InChI=1S/C10H13N5OS/c11-8-14-10(15-16)13-5-6-17-7-9-3-1-2-4-12-9/h1-4,16H,5-7H2,(H2,13,14,15). The van der Waals surface area contributed by atoms with Gasteiger partial charge in [-0.3, -0.25) is 15.5 Å². The molecule has 0 fully saturated rings. The topological polar surface area (TPSA) is 93.3 Å². The predicted molar refractivity (Wildman–Crippen MR) is 66.4 cm³/mol. The summed E-state index contributed by atoms with van der Waals surface area (Å²) in [6, 6.07) is 5.80. The third-order valence-corrected chi connectivity index (χ3v) is 2.73. The molecule has 17 heavy (non-hydrogen) atoms. The number of hydrogen-bond acceptors (Lipinski definition) is 5. The minimum Gasteiger partial charge on any atom is -0.288 e. The van der Waals surface area contributed by atoms with Crippen molar-refractivity contribution in [3.05, 3.63) is 30.1 Å². The van der Waals surface area contributed by atoms with Crippen LogP contribution in [0.2, 0.25) is 0 Å². The lowest BCUT2D eigenvalue weighted by Crippen LogP contribution is -2.32. The fourth-order valence-corrected chi connectivity index (χ4v) is 1.78. The molecule has 0 amide bonds. The average Bonchev–Trinajstić information content (AvgIpc) is 2.38. The highest BCUT2D eigenvalue weighted by atomic mass is 32.2. The summed E-state index contributed by atoms with van der Waals surface area (Å²) in [5, 5.41) is 19.1. The lowest BCUT2D eigenvalue weighted by molar-refractivity contribution is 0.230. The van der Waals surface area contributed by atoms with Gasteiger partial charge in [-0.15, -0.1) is 0 Å². The van der Waals surface area contributed by atoms with E-state index in [9.17, 15) is 0 Å². The van der Waals surface area contributed by atoms with E-state index in [0.29, 0.717) is 6.54 Å². The number of aliphatic imine (C=N–C) groups is 1. The molecule has 0 saturated heterocycles. The summed E-state index contributed by atoms with van der Waals surface area (Å²) in [4.78, 5) is 8.14. The van der Waals surface area contributed by atoms with Crippen LogP contribution in [0.15, 0.2) is 29.4 Å². The van der Waals surface area contributed by atoms with Gasteiger partial charge in [-0.25, -0.2) is 10.5 Å². The molecule has 1 rings (SSSR count). The minimum atomic E-state index is 0.0611. The van der Waals surface area contributed by atoms with Gasteiger partial charge in [0, 0.05) is 17.7 Å². The number of pyridine rings is 1. The second-order valence-corrected chi connectivity index (χ2v) is 4.06. The molecule has 0 radical (unpaired) electrons. The van der Waals surface area contributed by atoms with Crippen LogP contribution in [0.1, 0.15) is 5.69 Å². The van der Waals surface area contributed by atoms with Crippen LogP contribution in [-0.2, 0) is 5.75 Å². The highest BCUT2D eigenvalue weighted by Crippen LogP contribution is 2.08. The van der Waals surface area contributed by atoms with Gasteiger partial charge in [0.15, 0.2) is 6.19 Å². The minimum absolute atomic E-state index is 0.0611. The fourth-order valence-electron chi connectivity index (χ4n) is 1.04. The molecule has 0 aliphatic heterocycles. The zero-order valence-corrected chi connectivity index (χ0v) is 9.94. The molecule has 0 aliphatic carbocycles. The quantitative estimate of drug-likeness (QED) is 0.178. The lowest BCUT2D eigenvalue weighted by atomic mass is 10.4. The van der Waals surface area contributed by atoms with Gasteiger partial charge < -0.3 is 0 Å². The van der Waals surface area contributed by atoms with Crippen LogP contribution in [0.5, 0.6) is 0 Å². The van der Waals surface area contributed by atoms with E-state index in [1.807, 2.05) is 18.2 Å². The Labute approximate surface area is 104 Å². The number of hydroxylamine groups is 1. The van der Waals surface area contributed by atoms with E-state index in [2.05, 4.69) is 15.3 Å². The molecule has 0 saturated carbocycles. The fraction of sp³-hybridized carbons (Fsp3) is 0.300. The molecule has 0 bridgehead atoms. The summed E-state index contributed by atoms with van der Waals surface area (Å²) in [6.45, 7) is 0.509. The summed E-state index contributed by atoms with van der Waals surface area (Å²) in [5.74, 6) is 1.67. The van der Waals surface area contributed by atoms with E-state index < -0.39 is 0 Å². The SMILES string of the molecule is N#CNC(=NCCSCc1ccccn1)NO. The summed E-state index contributed by atoms with van der Waals surface area (Å²) in [7, 11) is 0. The van der Waals surface area contributed by atoms with Gasteiger partial charge in [0.05, 0.1) is 12.2 Å². The Bertz CT molecular complexity index is 389. The Morgan fingerprint density at radius 3 is 3.12 bits per heavy atom. The molecule has 1 aromatic rings. The molecule has 0 unspecified atom stereocenters. The maximum Gasteiger partial charge on any atom is 0.228 e. The highest BCUT2D eigenvalue weighted by molar-refractivity contribution is 7.98. The largest absolute Gasteiger partial charge is 0.288 e. The molecule has 7 heteroatoms. The number of nitriles is 1. The first kappa shape index (κ1) is 13.3. The first-order chi connectivity index (χ1) is 8.36. The van der Waals surface area contributed by atoms with Gasteiger partial charge in [-0.05, 0) is 12.1 Å². The maximum absolute atomic E-state index is 8.58.